The van der Waals surface area contributed by atoms with Crippen LogP contribution in [0.4, 0.5) is 5.69 Å². The van der Waals surface area contributed by atoms with E-state index in [1.807, 2.05) is 29.6 Å². The SMILES string of the molecule is CN(C[C@@H]1CCCO1)S(=O)(=O)c1ccc(C(=O)Nc2ccc3sccc3c2)cc1. The topological polar surface area (TPSA) is 75.7 Å². The number of ether oxygens (including phenoxy) is 1. The third-order valence-corrected chi connectivity index (χ3v) is 7.76. The maximum absolute atomic E-state index is 12.8. The van der Waals surface area contributed by atoms with E-state index in [4.69, 9.17) is 4.74 Å². The average Bonchev–Trinajstić information content (AvgIpc) is 3.39. The van der Waals surface area contributed by atoms with Gasteiger partial charge in [-0.25, -0.2) is 8.42 Å². The van der Waals surface area contributed by atoms with Gasteiger partial charge in [-0.3, -0.25) is 4.79 Å². The number of amides is 1. The van der Waals surface area contributed by atoms with Gasteiger partial charge in [0.25, 0.3) is 5.91 Å². The Morgan fingerprint density at radius 3 is 2.72 bits per heavy atom. The predicted octanol–water partition coefficient (Wildman–Crippen LogP) is 3.95. The first kappa shape index (κ1) is 20.0. The molecule has 0 spiro atoms. The third-order valence-electron chi connectivity index (χ3n) is 5.02. The number of nitrogens with one attached hydrogen (secondary N) is 1. The molecule has 1 N–H and O–H groups in total. The summed E-state index contributed by atoms with van der Waals surface area (Å²) in [6.07, 6.45) is 1.78. The molecule has 3 aromatic rings. The zero-order valence-electron chi connectivity index (χ0n) is 16.0. The second kappa shape index (κ2) is 8.23. The molecule has 1 aliphatic rings. The summed E-state index contributed by atoms with van der Waals surface area (Å²) in [5, 5.41) is 5.94. The molecular weight excluding hydrogens is 408 g/mol. The Kier molecular flexibility index (Phi) is 5.69. The van der Waals surface area contributed by atoms with Crippen LogP contribution >= 0.6 is 11.3 Å². The molecule has 1 atom stereocenters. The van der Waals surface area contributed by atoms with Gasteiger partial charge in [0.1, 0.15) is 0 Å². The molecule has 29 heavy (non-hydrogen) atoms. The molecule has 8 heteroatoms. The van der Waals surface area contributed by atoms with Crippen LogP contribution in [0.2, 0.25) is 0 Å². The summed E-state index contributed by atoms with van der Waals surface area (Å²) in [5.74, 6) is -0.281. The highest BCUT2D eigenvalue weighted by Crippen LogP contribution is 2.24. The first-order valence-corrected chi connectivity index (χ1v) is 11.7. The van der Waals surface area contributed by atoms with E-state index >= 15 is 0 Å². The maximum atomic E-state index is 12.8. The number of nitrogens with zero attached hydrogens (tertiary/aromatic N) is 1. The maximum Gasteiger partial charge on any atom is 0.255 e. The van der Waals surface area contributed by atoms with Crippen molar-refractivity contribution in [1.29, 1.82) is 0 Å². The number of carbonyl (C=O) groups excluding carboxylic acids is 1. The highest BCUT2D eigenvalue weighted by molar-refractivity contribution is 7.89. The molecule has 6 nitrogen and oxygen atoms in total. The number of rotatable bonds is 6. The molecule has 0 unspecified atom stereocenters. The number of thiophene rings is 1. The van der Waals surface area contributed by atoms with E-state index in [-0.39, 0.29) is 16.9 Å². The fraction of sp³-hybridized carbons (Fsp3) is 0.286. The standard InChI is InChI=1S/C21H22N2O4S2/c1-23(14-18-3-2-11-27-18)29(25,26)19-7-4-15(5-8-19)21(24)22-17-6-9-20-16(13-17)10-12-28-20/h4-10,12-13,18H,2-3,11,14H2,1H3,(H,22,24)/t18-/m0/s1. The highest BCUT2D eigenvalue weighted by Gasteiger charge is 2.26. The molecule has 1 saturated heterocycles. The molecule has 152 valence electrons. The van der Waals surface area contributed by atoms with Crippen molar-refractivity contribution < 1.29 is 17.9 Å². The van der Waals surface area contributed by atoms with Crippen LogP contribution in [0.1, 0.15) is 23.2 Å². The molecule has 0 saturated carbocycles. The van der Waals surface area contributed by atoms with E-state index in [1.165, 1.54) is 28.6 Å². The summed E-state index contributed by atoms with van der Waals surface area (Å²) in [6.45, 7) is 1.01. The van der Waals surface area contributed by atoms with E-state index in [0.29, 0.717) is 24.4 Å². The normalized spacial score (nSPS) is 17.1. The van der Waals surface area contributed by atoms with Crippen molar-refractivity contribution in [2.75, 3.05) is 25.5 Å². The van der Waals surface area contributed by atoms with Gasteiger partial charge in [0, 0.05) is 36.2 Å². The molecular formula is C21H22N2O4S2. The first-order valence-electron chi connectivity index (χ1n) is 9.40. The van der Waals surface area contributed by atoms with Crippen LogP contribution in [-0.4, -0.2) is 44.9 Å². The van der Waals surface area contributed by atoms with E-state index < -0.39 is 10.0 Å². The summed E-state index contributed by atoms with van der Waals surface area (Å²) < 4.78 is 33.5. The number of hydrogen-bond donors (Lipinski definition) is 1. The van der Waals surface area contributed by atoms with Crippen LogP contribution in [-0.2, 0) is 14.8 Å². The fourth-order valence-electron chi connectivity index (χ4n) is 3.38. The number of carbonyl (C=O) groups is 1. The smallest absolute Gasteiger partial charge is 0.255 e. The minimum atomic E-state index is -3.62. The third kappa shape index (κ3) is 4.35. The lowest BCUT2D eigenvalue weighted by Crippen LogP contribution is -2.34. The van der Waals surface area contributed by atoms with Crippen molar-refractivity contribution in [2.45, 2.75) is 23.8 Å². The Hall–Kier alpha value is -2.26. The second-order valence-corrected chi connectivity index (χ2v) is 10.1. The van der Waals surface area contributed by atoms with Gasteiger partial charge in [-0.15, -0.1) is 11.3 Å². The van der Waals surface area contributed by atoms with E-state index in [1.54, 1.807) is 18.4 Å². The summed E-state index contributed by atoms with van der Waals surface area (Å²) in [5.41, 5.74) is 1.10. The van der Waals surface area contributed by atoms with Crippen molar-refractivity contribution >= 4 is 43.0 Å². The van der Waals surface area contributed by atoms with Gasteiger partial charge in [-0.1, -0.05) is 0 Å². The second-order valence-electron chi connectivity index (χ2n) is 7.07. The largest absolute Gasteiger partial charge is 0.377 e. The predicted molar refractivity (Wildman–Crippen MR) is 115 cm³/mol. The Morgan fingerprint density at radius 2 is 2.00 bits per heavy atom. The quantitative estimate of drug-likeness (QED) is 0.642. The zero-order valence-corrected chi connectivity index (χ0v) is 17.6. The van der Waals surface area contributed by atoms with Crippen molar-refractivity contribution in [3.05, 3.63) is 59.5 Å². The molecule has 1 fully saturated rings. The minimum Gasteiger partial charge on any atom is -0.377 e. The van der Waals surface area contributed by atoms with Gasteiger partial charge in [0.2, 0.25) is 10.0 Å². The van der Waals surface area contributed by atoms with Crippen molar-refractivity contribution in [3.8, 4) is 0 Å². The van der Waals surface area contributed by atoms with Crippen molar-refractivity contribution in [2.24, 2.45) is 0 Å². The highest BCUT2D eigenvalue weighted by atomic mass is 32.2. The first-order chi connectivity index (χ1) is 13.9. The van der Waals surface area contributed by atoms with Crippen LogP contribution < -0.4 is 5.32 Å². The number of benzene rings is 2. The number of fused-ring (bicyclic) bond motifs is 1. The van der Waals surface area contributed by atoms with Gasteiger partial charge in [-0.2, -0.15) is 4.31 Å². The average molecular weight is 431 g/mol. The van der Waals surface area contributed by atoms with E-state index in [2.05, 4.69) is 5.32 Å². The van der Waals surface area contributed by atoms with Crippen LogP contribution in [0, 0.1) is 0 Å². The van der Waals surface area contributed by atoms with Crippen molar-refractivity contribution in [3.63, 3.8) is 0 Å². The molecule has 2 aromatic carbocycles. The molecule has 4 rings (SSSR count). The van der Waals surface area contributed by atoms with Crippen LogP contribution in [0.15, 0.2) is 58.8 Å². The van der Waals surface area contributed by atoms with Gasteiger partial charge in [-0.05, 0) is 72.1 Å². The Morgan fingerprint density at radius 1 is 1.21 bits per heavy atom. The Labute approximate surface area is 174 Å². The van der Waals surface area contributed by atoms with Gasteiger partial charge >= 0.3 is 0 Å². The Balaban J connectivity index is 1.45. The Bertz CT molecular complexity index is 1120. The lowest BCUT2D eigenvalue weighted by molar-refractivity contribution is 0.0979. The number of anilines is 1. The van der Waals surface area contributed by atoms with Gasteiger partial charge < -0.3 is 10.1 Å². The molecule has 1 amide bonds. The summed E-state index contributed by atoms with van der Waals surface area (Å²) in [4.78, 5) is 12.7. The number of sulfonamides is 1. The number of hydrogen-bond acceptors (Lipinski definition) is 5. The van der Waals surface area contributed by atoms with Crippen LogP contribution in [0.5, 0.6) is 0 Å². The monoisotopic (exact) mass is 430 g/mol. The minimum absolute atomic E-state index is 0.0552. The summed E-state index contributed by atoms with van der Waals surface area (Å²) in [7, 11) is -2.07. The number of likely N-dealkylation sites (N-methyl/N-ethyl adjacent to an activating group) is 1. The summed E-state index contributed by atoms with van der Waals surface area (Å²) in [6, 6.07) is 13.8. The molecule has 1 aliphatic heterocycles. The summed E-state index contributed by atoms with van der Waals surface area (Å²) >= 11 is 1.65. The van der Waals surface area contributed by atoms with Gasteiger partial charge in [0.15, 0.2) is 0 Å². The van der Waals surface area contributed by atoms with Gasteiger partial charge in [0.05, 0.1) is 11.0 Å². The molecule has 0 aliphatic carbocycles. The molecule has 1 aromatic heterocycles. The van der Waals surface area contributed by atoms with E-state index in [0.717, 1.165) is 22.9 Å². The lowest BCUT2D eigenvalue weighted by atomic mass is 10.2. The molecule has 2 heterocycles. The lowest BCUT2D eigenvalue weighted by Gasteiger charge is -2.20. The fourth-order valence-corrected chi connectivity index (χ4v) is 5.35. The van der Waals surface area contributed by atoms with E-state index in [9.17, 15) is 13.2 Å². The van der Waals surface area contributed by atoms with Crippen LogP contribution in [0.25, 0.3) is 10.1 Å². The van der Waals surface area contributed by atoms with Crippen LogP contribution in [0.3, 0.4) is 0 Å². The zero-order chi connectivity index (χ0) is 20.4. The molecule has 0 radical (unpaired) electrons. The van der Waals surface area contributed by atoms with Crippen molar-refractivity contribution in [1.82, 2.24) is 4.31 Å². The molecule has 0 bridgehead atoms.